The molecule has 2 atom stereocenters. The Balaban J connectivity index is 1.94. The lowest BCUT2D eigenvalue weighted by atomic mass is 10.1. The third-order valence-corrected chi connectivity index (χ3v) is 2.69. The van der Waals surface area contributed by atoms with E-state index >= 15 is 0 Å². The fourth-order valence-electron chi connectivity index (χ4n) is 1.76. The first-order chi connectivity index (χ1) is 7.33. The van der Waals surface area contributed by atoms with Gasteiger partial charge in [-0.05, 0) is 39.2 Å². The van der Waals surface area contributed by atoms with Gasteiger partial charge in [-0.25, -0.2) is 0 Å². The average Bonchev–Trinajstić information content (AvgIpc) is 2.28. The van der Waals surface area contributed by atoms with Crippen LogP contribution in [0.1, 0.15) is 39.5 Å². The molecule has 1 fully saturated rings. The molecule has 0 spiro atoms. The Kier molecular flexibility index (Phi) is 6.98. The van der Waals surface area contributed by atoms with Crippen molar-refractivity contribution in [3.8, 4) is 0 Å². The maximum absolute atomic E-state index is 5.64. The standard InChI is InChI=1S/C12H25NO2/c1-3-7-13-11(2)9-14-10-12-6-4-5-8-15-12/h11-13H,3-10H2,1-2H3. The highest BCUT2D eigenvalue weighted by Gasteiger charge is 2.13. The third-order valence-electron chi connectivity index (χ3n) is 2.69. The molecular formula is C12H25NO2. The van der Waals surface area contributed by atoms with E-state index in [1.165, 1.54) is 19.3 Å². The summed E-state index contributed by atoms with van der Waals surface area (Å²) in [6.07, 6.45) is 5.19. The fourth-order valence-corrected chi connectivity index (χ4v) is 1.76. The lowest BCUT2D eigenvalue weighted by Gasteiger charge is -2.23. The van der Waals surface area contributed by atoms with Gasteiger partial charge in [-0.3, -0.25) is 0 Å². The molecule has 1 saturated heterocycles. The zero-order chi connectivity index (χ0) is 10.9. The van der Waals surface area contributed by atoms with E-state index in [0.29, 0.717) is 12.1 Å². The first-order valence-electron chi connectivity index (χ1n) is 6.25. The molecule has 0 radical (unpaired) electrons. The molecule has 0 aromatic rings. The van der Waals surface area contributed by atoms with E-state index in [1.54, 1.807) is 0 Å². The average molecular weight is 215 g/mol. The van der Waals surface area contributed by atoms with Gasteiger partial charge in [-0.15, -0.1) is 0 Å². The zero-order valence-electron chi connectivity index (χ0n) is 10.1. The largest absolute Gasteiger partial charge is 0.377 e. The monoisotopic (exact) mass is 215 g/mol. The van der Waals surface area contributed by atoms with Gasteiger partial charge in [0.05, 0.1) is 19.3 Å². The van der Waals surface area contributed by atoms with Crippen LogP contribution in [0.3, 0.4) is 0 Å². The van der Waals surface area contributed by atoms with E-state index in [4.69, 9.17) is 9.47 Å². The Morgan fingerprint density at radius 3 is 3.00 bits per heavy atom. The Bertz CT molecular complexity index is 147. The molecule has 1 rings (SSSR count). The molecule has 3 heteroatoms. The van der Waals surface area contributed by atoms with Gasteiger partial charge in [0.1, 0.15) is 0 Å². The van der Waals surface area contributed by atoms with Gasteiger partial charge >= 0.3 is 0 Å². The predicted molar refractivity (Wildman–Crippen MR) is 62.2 cm³/mol. The van der Waals surface area contributed by atoms with Crippen LogP contribution in [0.2, 0.25) is 0 Å². The number of ether oxygens (including phenoxy) is 2. The van der Waals surface area contributed by atoms with Crippen LogP contribution in [0.5, 0.6) is 0 Å². The minimum atomic E-state index is 0.345. The van der Waals surface area contributed by atoms with E-state index in [0.717, 1.165) is 32.8 Å². The van der Waals surface area contributed by atoms with Crippen LogP contribution >= 0.6 is 0 Å². The normalized spacial score (nSPS) is 24.0. The summed E-state index contributed by atoms with van der Waals surface area (Å²) in [5.41, 5.74) is 0. The molecular weight excluding hydrogens is 190 g/mol. The Labute approximate surface area is 93.5 Å². The van der Waals surface area contributed by atoms with Crippen LogP contribution in [0.4, 0.5) is 0 Å². The maximum Gasteiger partial charge on any atom is 0.0808 e. The summed E-state index contributed by atoms with van der Waals surface area (Å²) in [4.78, 5) is 0. The highest BCUT2D eigenvalue weighted by molar-refractivity contribution is 4.64. The molecule has 1 heterocycles. The molecule has 0 aliphatic carbocycles. The SMILES string of the molecule is CCCNC(C)COCC1CCCCO1. The van der Waals surface area contributed by atoms with Gasteiger partial charge in [-0.2, -0.15) is 0 Å². The minimum Gasteiger partial charge on any atom is -0.377 e. The van der Waals surface area contributed by atoms with Crippen molar-refractivity contribution in [1.29, 1.82) is 0 Å². The van der Waals surface area contributed by atoms with Crippen LogP contribution in [-0.4, -0.2) is 38.5 Å². The van der Waals surface area contributed by atoms with Crippen LogP contribution in [0, 0.1) is 0 Å². The zero-order valence-corrected chi connectivity index (χ0v) is 10.1. The molecule has 0 amide bonds. The highest BCUT2D eigenvalue weighted by atomic mass is 16.5. The number of hydrogen-bond acceptors (Lipinski definition) is 3. The molecule has 0 aromatic carbocycles. The lowest BCUT2D eigenvalue weighted by molar-refractivity contribution is -0.0433. The molecule has 1 N–H and O–H groups in total. The van der Waals surface area contributed by atoms with Crippen molar-refractivity contribution < 1.29 is 9.47 Å². The molecule has 0 aromatic heterocycles. The fraction of sp³-hybridized carbons (Fsp3) is 1.00. The van der Waals surface area contributed by atoms with Crippen molar-refractivity contribution in [1.82, 2.24) is 5.32 Å². The molecule has 3 nitrogen and oxygen atoms in total. The number of nitrogens with one attached hydrogen (secondary N) is 1. The van der Waals surface area contributed by atoms with Gasteiger partial charge in [0.2, 0.25) is 0 Å². The first-order valence-corrected chi connectivity index (χ1v) is 6.25. The summed E-state index contributed by atoms with van der Waals surface area (Å²) in [7, 11) is 0. The summed E-state index contributed by atoms with van der Waals surface area (Å²) in [6.45, 7) is 7.88. The second-order valence-electron chi connectivity index (χ2n) is 4.38. The predicted octanol–water partition coefficient (Wildman–Crippen LogP) is 1.96. The maximum atomic E-state index is 5.64. The van der Waals surface area contributed by atoms with Gasteiger partial charge < -0.3 is 14.8 Å². The van der Waals surface area contributed by atoms with Crippen LogP contribution in [0.25, 0.3) is 0 Å². The molecule has 2 unspecified atom stereocenters. The quantitative estimate of drug-likeness (QED) is 0.704. The second-order valence-corrected chi connectivity index (χ2v) is 4.38. The van der Waals surface area contributed by atoms with E-state index in [2.05, 4.69) is 19.2 Å². The van der Waals surface area contributed by atoms with Gasteiger partial charge in [0.15, 0.2) is 0 Å². The molecule has 1 aliphatic rings. The summed E-state index contributed by atoms with van der Waals surface area (Å²) in [5.74, 6) is 0. The Morgan fingerprint density at radius 2 is 2.33 bits per heavy atom. The van der Waals surface area contributed by atoms with E-state index in [9.17, 15) is 0 Å². The van der Waals surface area contributed by atoms with Crippen molar-refractivity contribution >= 4 is 0 Å². The van der Waals surface area contributed by atoms with E-state index in [-0.39, 0.29) is 0 Å². The van der Waals surface area contributed by atoms with E-state index < -0.39 is 0 Å². The topological polar surface area (TPSA) is 30.5 Å². The summed E-state index contributed by atoms with van der Waals surface area (Å²) in [6, 6.07) is 0.452. The van der Waals surface area contributed by atoms with Crippen molar-refractivity contribution in [3.05, 3.63) is 0 Å². The molecule has 15 heavy (non-hydrogen) atoms. The Morgan fingerprint density at radius 1 is 1.47 bits per heavy atom. The molecule has 0 saturated carbocycles. The van der Waals surface area contributed by atoms with Crippen molar-refractivity contribution in [2.45, 2.75) is 51.7 Å². The Hall–Kier alpha value is -0.120. The van der Waals surface area contributed by atoms with Crippen LogP contribution in [0.15, 0.2) is 0 Å². The van der Waals surface area contributed by atoms with Crippen LogP contribution in [-0.2, 0) is 9.47 Å². The van der Waals surface area contributed by atoms with Gasteiger partial charge in [0, 0.05) is 12.6 Å². The van der Waals surface area contributed by atoms with Crippen molar-refractivity contribution in [2.24, 2.45) is 0 Å². The second kappa shape index (κ2) is 8.08. The number of hydrogen-bond donors (Lipinski definition) is 1. The summed E-state index contributed by atoms with van der Waals surface area (Å²) in [5, 5.41) is 3.40. The van der Waals surface area contributed by atoms with E-state index in [1.807, 2.05) is 0 Å². The van der Waals surface area contributed by atoms with Crippen LogP contribution < -0.4 is 5.32 Å². The molecule has 90 valence electrons. The summed E-state index contributed by atoms with van der Waals surface area (Å²) < 4.78 is 11.2. The molecule has 0 bridgehead atoms. The number of rotatable bonds is 7. The highest BCUT2D eigenvalue weighted by Crippen LogP contribution is 2.12. The molecule has 1 aliphatic heterocycles. The van der Waals surface area contributed by atoms with Gasteiger partial charge in [-0.1, -0.05) is 6.92 Å². The smallest absolute Gasteiger partial charge is 0.0808 e. The third kappa shape index (κ3) is 6.13. The minimum absolute atomic E-state index is 0.345. The lowest BCUT2D eigenvalue weighted by Crippen LogP contribution is -2.33. The first kappa shape index (κ1) is 12.9. The van der Waals surface area contributed by atoms with Crippen molar-refractivity contribution in [3.63, 3.8) is 0 Å². The van der Waals surface area contributed by atoms with Gasteiger partial charge in [0.25, 0.3) is 0 Å². The van der Waals surface area contributed by atoms with Crippen molar-refractivity contribution in [2.75, 3.05) is 26.4 Å². The summed E-state index contributed by atoms with van der Waals surface area (Å²) >= 11 is 0.